The second kappa shape index (κ2) is 3.35. The van der Waals surface area contributed by atoms with Crippen molar-refractivity contribution in [3.8, 4) is 0 Å². The van der Waals surface area contributed by atoms with Gasteiger partial charge in [-0.15, -0.1) is 0 Å². The number of quaternary nitrogens is 1. The average Bonchev–Trinajstić information content (AvgIpc) is 1.60. The summed E-state index contributed by atoms with van der Waals surface area (Å²) in [7, 11) is 11.0. The van der Waals surface area contributed by atoms with Crippen LogP contribution in [-0.4, -0.2) is 50.8 Å². The number of hydrogen-bond acceptors (Lipinski definition) is 1. The standard InChI is InChI=1S/C8H21N2/c1-7-8(9(2)3)10(4,5)6/h8H,7H2,1-6H3/q+1/t8-/m0/s1. The van der Waals surface area contributed by atoms with Gasteiger partial charge in [-0.25, -0.2) is 0 Å². The lowest BCUT2D eigenvalue weighted by Crippen LogP contribution is -2.52. The Labute approximate surface area is 65.0 Å². The molecule has 0 saturated carbocycles. The molecule has 0 saturated heterocycles. The molecule has 0 aromatic rings. The molecule has 0 bridgehead atoms. The van der Waals surface area contributed by atoms with Gasteiger partial charge in [-0.1, -0.05) is 6.92 Å². The largest absolute Gasteiger partial charge is 0.316 e. The van der Waals surface area contributed by atoms with Crippen LogP contribution in [0.25, 0.3) is 0 Å². The number of hydrogen-bond donors (Lipinski definition) is 0. The third kappa shape index (κ3) is 2.67. The van der Waals surface area contributed by atoms with Crippen LogP contribution >= 0.6 is 0 Å². The summed E-state index contributed by atoms with van der Waals surface area (Å²) < 4.78 is 1.02. The quantitative estimate of drug-likeness (QED) is 0.423. The highest BCUT2D eigenvalue weighted by atomic mass is 15.4. The summed E-state index contributed by atoms with van der Waals surface area (Å²) in [5.41, 5.74) is 0. The van der Waals surface area contributed by atoms with E-state index in [-0.39, 0.29) is 0 Å². The van der Waals surface area contributed by atoms with Crippen LogP contribution in [0.2, 0.25) is 0 Å². The lowest BCUT2D eigenvalue weighted by atomic mass is 10.3. The van der Waals surface area contributed by atoms with Crippen molar-refractivity contribution < 1.29 is 4.48 Å². The minimum atomic E-state index is 0.639. The van der Waals surface area contributed by atoms with E-state index < -0.39 is 0 Å². The SMILES string of the molecule is CC[C@@H](N(C)C)[N+](C)(C)C. The van der Waals surface area contributed by atoms with Crippen LogP contribution in [-0.2, 0) is 0 Å². The van der Waals surface area contributed by atoms with Crippen molar-refractivity contribution in [2.75, 3.05) is 35.2 Å². The summed E-state index contributed by atoms with van der Waals surface area (Å²) >= 11 is 0. The fourth-order valence-electron chi connectivity index (χ4n) is 1.61. The lowest BCUT2D eigenvalue weighted by molar-refractivity contribution is -0.907. The number of nitrogens with zero attached hydrogens (tertiary/aromatic N) is 2. The Morgan fingerprint density at radius 2 is 1.60 bits per heavy atom. The molecule has 62 valence electrons. The first-order chi connectivity index (χ1) is 4.39. The minimum absolute atomic E-state index is 0.639. The normalized spacial score (nSPS) is 15.9. The van der Waals surface area contributed by atoms with E-state index in [2.05, 4.69) is 47.1 Å². The van der Waals surface area contributed by atoms with E-state index in [1.54, 1.807) is 0 Å². The monoisotopic (exact) mass is 145 g/mol. The van der Waals surface area contributed by atoms with Gasteiger partial charge in [0.25, 0.3) is 0 Å². The Morgan fingerprint density at radius 3 is 1.60 bits per heavy atom. The van der Waals surface area contributed by atoms with Crippen molar-refractivity contribution in [3.63, 3.8) is 0 Å². The van der Waals surface area contributed by atoms with E-state index in [4.69, 9.17) is 0 Å². The predicted octanol–water partition coefficient (Wildman–Crippen LogP) is 0.990. The molecule has 0 unspecified atom stereocenters. The van der Waals surface area contributed by atoms with Gasteiger partial charge in [0.2, 0.25) is 0 Å². The fraction of sp³-hybridized carbons (Fsp3) is 1.00. The van der Waals surface area contributed by atoms with E-state index in [0.29, 0.717) is 6.17 Å². The highest BCUT2D eigenvalue weighted by Crippen LogP contribution is 2.08. The summed E-state index contributed by atoms with van der Waals surface area (Å²) in [6, 6.07) is 0. The molecule has 0 amide bonds. The summed E-state index contributed by atoms with van der Waals surface area (Å²) in [5, 5.41) is 0. The van der Waals surface area contributed by atoms with Gasteiger partial charge in [0, 0.05) is 6.42 Å². The first-order valence-electron chi connectivity index (χ1n) is 3.87. The van der Waals surface area contributed by atoms with Gasteiger partial charge in [-0.3, -0.25) is 4.90 Å². The Morgan fingerprint density at radius 1 is 1.20 bits per heavy atom. The summed E-state index contributed by atoms with van der Waals surface area (Å²) in [5.74, 6) is 0. The first kappa shape index (κ1) is 9.92. The molecule has 0 aliphatic heterocycles. The second-order valence-electron chi connectivity index (χ2n) is 3.97. The maximum absolute atomic E-state index is 2.28. The van der Waals surface area contributed by atoms with Gasteiger partial charge < -0.3 is 4.48 Å². The van der Waals surface area contributed by atoms with Gasteiger partial charge in [-0.2, -0.15) is 0 Å². The zero-order chi connectivity index (χ0) is 8.36. The molecular weight excluding hydrogens is 124 g/mol. The smallest absolute Gasteiger partial charge is 0.143 e. The molecule has 2 heteroatoms. The fourth-order valence-corrected chi connectivity index (χ4v) is 1.61. The summed E-state index contributed by atoms with van der Waals surface area (Å²) in [4.78, 5) is 2.28. The lowest BCUT2D eigenvalue weighted by Gasteiger charge is -2.37. The van der Waals surface area contributed by atoms with Crippen LogP contribution in [0, 0.1) is 0 Å². The van der Waals surface area contributed by atoms with E-state index in [1.165, 1.54) is 6.42 Å². The molecule has 0 heterocycles. The zero-order valence-electron chi connectivity index (χ0n) is 8.18. The van der Waals surface area contributed by atoms with E-state index >= 15 is 0 Å². The molecular formula is C8H21N2+. The molecule has 0 N–H and O–H groups in total. The summed E-state index contributed by atoms with van der Waals surface area (Å²) in [6.45, 7) is 2.23. The Kier molecular flexibility index (Phi) is 3.33. The third-order valence-electron chi connectivity index (χ3n) is 1.86. The van der Waals surface area contributed by atoms with Crippen LogP contribution in [0.5, 0.6) is 0 Å². The van der Waals surface area contributed by atoms with Gasteiger partial charge in [-0.05, 0) is 14.1 Å². The maximum atomic E-state index is 2.28. The molecule has 10 heavy (non-hydrogen) atoms. The molecule has 0 rings (SSSR count). The van der Waals surface area contributed by atoms with Crippen LogP contribution in [0.4, 0.5) is 0 Å². The van der Waals surface area contributed by atoms with Crippen molar-refractivity contribution in [2.24, 2.45) is 0 Å². The van der Waals surface area contributed by atoms with Crippen molar-refractivity contribution >= 4 is 0 Å². The zero-order valence-corrected chi connectivity index (χ0v) is 8.18. The molecule has 0 fully saturated rings. The minimum Gasteiger partial charge on any atom is -0.316 e. The predicted molar refractivity (Wildman–Crippen MR) is 45.8 cm³/mol. The van der Waals surface area contributed by atoms with Crippen LogP contribution in [0.3, 0.4) is 0 Å². The van der Waals surface area contributed by atoms with Crippen LogP contribution < -0.4 is 0 Å². The molecule has 2 nitrogen and oxygen atoms in total. The topological polar surface area (TPSA) is 3.24 Å². The molecule has 0 aliphatic carbocycles. The highest BCUT2D eigenvalue weighted by molar-refractivity contribution is 4.49. The molecule has 0 radical (unpaired) electrons. The van der Waals surface area contributed by atoms with E-state index in [0.717, 1.165) is 4.48 Å². The van der Waals surface area contributed by atoms with Gasteiger partial charge in [0.1, 0.15) is 6.17 Å². The van der Waals surface area contributed by atoms with E-state index in [9.17, 15) is 0 Å². The second-order valence-corrected chi connectivity index (χ2v) is 3.97. The van der Waals surface area contributed by atoms with Gasteiger partial charge in [0.05, 0.1) is 21.1 Å². The number of rotatable bonds is 3. The van der Waals surface area contributed by atoms with Crippen LogP contribution in [0.15, 0.2) is 0 Å². The molecule has 0 aromatic carbocycles. The third-order valence-corrected chi connectivity index (χ3v) is 1.86. The van der Waals surface area contributed by atoms with Crippen LogP contribution in [0.1, 0.15) is 13.3 Å². The van der Waals surface area contributed by atoms with E-state index in [1.807, 2.05) is 0 Å². The maximum Gasteiger partial charge on any atom is 0.143 e. The molecule has 0 spiro atoms. The highest BCUT2D eigenvalue weighted by Gasteiger charge is 2.22. The van der Waals surface area contributed by atoms with Gasteiger partial charge in [0.15, 0.2) is 0 Å². The summed E-state index contributed by atoms with van der Waals surface area (Å²) in [6.07, 6.45) is 1.84. The van der Waals surface area contributed by atoms with Crippen molar-refractivity contribution in [2.45, 2.75) is 19.5 Å². The van der Waals surface area contributed by atoms with Crippen molar-refractivity contribution in [1.29, 1.82) is 0 Å². The van der Waals surface area contributed by atoms with Gasteiger partial charge >= 0.3 is 0 Å². The van der Waals surface area contributed by atoms with Crippen molar-refractivity contribution in [3.05, 3.63) is 0 Å². The Balaban J connectivity index is 4.07. The molecule has 1 atom stereocenters. The Bertz CT molecular complexity index is 91.9. The average molecular weight is 145 g/mol. The molecule has 0 aromatic heterocycles. The first-order valence-corrected chi connectivity index (χ1v) is 3.87. The van der Waals surface area contributed by atoms with Crippen molar-refractivity contribution in [1.82, 2.24) is 4.90 Å². The molecule has 0 aliphatic rings. The Hall–Kier alpha value is -0.0800.